The summed E-state index contributed by atoms with van der Waals surface area (Å²) in [6.45, 7) is 4.12. The molecule has 1 aliphatic rings. The molecule has 0 N–H and O–H groups in total. The molecule has 5 rings (SSSR count). The van der Waals surface area contributed by atoms with Gasteiger partial charge in [-0.05, 0) is 56.9 Å². The molecule has 1 aromatic carbocycles. The number of aryl methyl sites for hydroxylation is 2. The number of fused-ring (bicyclic) bond motifs is 3. The molecule has 5 nitrogen and oxygen atoms in total. The van der Waals surface area contributed by atoms with Gasteiger partial charge in [0.15, 0.2) is 5.65 Å². The molecule has 0 aliphatic heterocycles. The van der Waals surface area contributed by atoms with Crippen molar-refractivity contribution in [2.24, 2.45) is 5.92 Å². The lowest BCUT2D eigenvalue weighted by molar-refractivity contribution is -0.137. The lowest BCUT2D eigenvalue weighted by Crippen LogP contribution is -2.09. The molecule has 1 fully saturated rings. The van der Waals surface area contributed by atoms with Crippen LogP contribution in [-0.4, -0.2) is 26.0 Å². The van der Waals surface area contributed by atoms with Gasteiger partial charge < -0.3 is 4.74 Å². The zero-order chi connectivity index (χ0) is 21.9. The maximum absolute atomic E-state index is 13.8. The van der Waals surface area contributed by atoms with Crippen LogP contribution in [0.3, 0.4) is 0 Å². The van der Waals surface area contributed by atoms with Crippen molar-refractivity contribution in [3.8, 4) is 17.3 Å². The van der Waals surface area contributed by atoms with Crippen LogP contribution in [0.1, 0.15) is 29.8 Å². The standard InChI is InChI=1S/C22H18ClF3N4O/c1-11-19-12(2)28-20(15-6-5-14(23)9-16(15)22(24,25)26)30(19)21-17(27-11)7-8-18(29-21)31-10-13-3-4-13/h5-9,13H,3-4,10H2,1-2H3. The number of hydrogen-bond donors (Lipinski definition) is 0. The van der Waals surface area contributed by atoms with Crippen LogP contribution in [-0.2, 0) is 6.18 Å². The van der Waals surface area contributed by atoms with Gasteiger partial charge in [0.1, 0.15) is 11.3 Å². The third-order valence-electron chi connectivity index (χ3n) is 5.42. The van der Waals surface area contributed by atoms with Gasteiger partial charge in [0.25, 0.3) is 0 Å². The normalized spacial score (nSPS) is 14.5. The summed E-state index contributed by atoms with van der Waals surface area (Å²) >= 11 is 5.87. The molecule has 4 aromatic rings. The van der Waals surface area contributed by atoms with Crippen LogP contribution in [0.4, 0.5) is 13.2 Å². The van der Waals surface area contributed by atoms with E-state index >= 15 is 0 Å². The smallest absolute Gasteiger partial charge is 0.417 e. The minimum Gasteiger partial charge on any atom is -0.477 e. The first-order valence-corrected chi connectivity index (χ1v) is 10.3. The summed E-state index contributed by atoms with van der Waals surface area (Å²) < 4.78 is 48.9. The molecule has 0 atom stereocenters. The Hall–Kier alpha value is -2.87. The molecule has 1 saturated carbocycles. The first-order chi connectivity index (χ1) is 14.7. The summed E-state index contributed by atoms with van der Waals surface area (Å²) in [5, 5.41) is 0.00486. The Labute approximate surface area is 180 Å². The van der Waals surface area contributed by atoms with E-state index in [1.165, 1.54) is 12.1 Å². The number of hydrogen-bond acceptors (Lipinski definition) is 4. The summed E-state index contributed by atoms with van der Waals surface area (Å²) in [6.07, 6.45) is -2.32. The lowest BCUT2D eigenvalue weighted by atomic mass is 10.1. The molecule has 0 amide bonds. The van der Waals surface area contributed by atoms with E-state index in [0.717, 1.165) is 18.9 Å². The largest absolute Gasteiger partial charge is 0.477 e. The zero-order valence-corrected chi connectivity index (χ0v) is 17.6. The first kappa shape index (κ1) is 20.1. The van der Waals surface area contributed by atoms with E-state index in [1.807, 2.05) is 0 Å². The quantitative estimate of drug-likeness (QED) is 0.384. The van der Waals surface area contributed by atoms with Crippen molar-refractivity contribution in [1.29, 1.82) is 0 Å². The van der Waals surface area contributed by atoms with Gasteiger partial charge in [-0.3, -0.25) is 4.40 Å². The van der Waals surface area contributed by atoms with Crippen molar-refractivity contribution >= 4 is 28.3 Å². The van der Waals surface area contributed by atoms with E-state index in [1.54, 1.807) is 30.4 Å². The van der Waals surface area contributed by atoms with Crippen LogP contribution in [0.15, 0.2) is 30.3 Å². The van der Waals surface area contributed by atoms with Gasteiger partial charge in [0, 0.05) is 16.7 Å². The number of aromatic nitrogens is 4. The molecule has 9 heteroatoms. The molecule has 31 heavy (non-hydrogen) atoms. The SMILES string of the molecule is Cc1nc(-c2ccc(Cl)cc2C(F)(F)F)n2c1c(C)nc1ccc(OCC3CC3)nc12. The van der Waals surface area contributed by atoms with Gasteiger partial charge in [0.05, 0.1) is 29.1 Å². The fourth-order valence-corrected chi connectivity index (χ4v) is 3.94. The number of benzene rings is 1. The molecule has 0 saturated heterocycles. The van der Waals surface area contributed by atoms with E-state index < -0.39 is 11.7 Å². The number of ether oxygens (including phenoxy) is 1. The zero-order valence-electron chi connectivity index (χ0n) is 16.8. The first-order valence-electron chi connectivity index (χ1n) is 9.88. The summed E-state index contributed by atoms with van der Waals surface area (Å²) in [6, 6.07) is 7.18. The second kappa shape index (κ2) is 7.09. The average Bonchev–Trinajstić information content (AvgIpc) is 3.47. The van der Waals surface area contributed by atoms with Crippen LogP contribution in [0.25, 0.3) is 28.1 Å². The second-order valence-electron chi connectivity index (χ2n) is 7.84. The third-order valence-corrected chi connectivity index (χ3v) is 5.65. The average molecular weight is 447 g/mol. The Morgan fingerprint density at radius 3 is 2.52 bits per heavy atom. The Morgan fingerprint density at radius 1 is 1.06 bits per heavy atom. The number of rotatable bonds is 4. The summed E-state index contributed by atoms with van der Waals surface area (Å²) in [7, 11) is 0. The molecule has 3 heterocycles. The molecule has 3 aromatic heterocycles. The fraction of sp³-hybridized carbons (Fsp3) is 0.318. The van der Waals surface area contributed by atoms with Crippen molar-refractivity contribution in [1.82, 2.24) is 19.4 Å². The van der Waals surface area contributed by atoms with Gasteiger partial charge in [0.2, 0.25) is 5.88 Å². The molecule has 0 unspecified atom stereocenters. The highest BCUT2D eigenvalue weighted by molar-refractivity contribution is 6.30. The highest BCUT2D eigenvalue weighted by Crippen LogP contribution is 2.39. The van der Waals surface area contributed by atoms with Crippen LogP contribution in [0.5, 0.6) is 5.88 Å². The number of pyridine rings is 1. The molecular formula is C22H18ClF3N4O. The highest BCUT2D eigenvalue weighted by Gasteiger charge is 2.35. The highest BCUT2D eigenvalue weighted by atomic mass is 35.5. The fourth-order valence-electron chi connectivity index (χ4n) is 3.76. The minimum atomic E-state index is -4.59. The Bertz CT molecular complexity index is 1330. The number of imidazole rings is 1. The number of halogens is 4. The van der Waals surface area contributed by atoms with Crippen molar-refractivity contribution in [3.05, 3.63) is 52.3 Å². The van der Waals surface area contributed by atoms with E-state index in [2.05, 4.69) is 15.0 Å². The minimum absolute atomic E-state index is 0.00486. The maximum Gasteiger partial charge on any atom is 0.417 e. The van der Waals surface area contributed by atoms with Crippen molar-refractivity contribution in [2.45, 2.75) is 32.9 Å². The molecule has 160 valence electrons. The van der Waals surface area contributed by atoms with Gasteiger partial charge in [-0.15, -0.1) is 0 Å². The summed E-state index contributed by atoms with van der Waals surface area (Å²) in [4.78, 5) is 13.7. The monoisotopic (exact) mass is 446 g/mol. The van der Waals surface area contributed by atoms with Crippen LogP contribution in [0, 0.1) is 19.8 Å². The van der Waals surface area contributed by atoms with Gasteiger partial charge in [-0.1, -0.05) is 11.6 Å². The predicted octanol–water partition coefficient (Wildman–Crippen LogP) is 6.02. The Balaban J connectivity index is 1.79. The van der Waals surface area contributed by atoms with Crippen LogP contribution < -0.4 is 4.74 Å². The molecular weight excluding hydrogens is 429 g/mol. The van der Waals surface area contributed by atoms with Crippen molar-refractivity contribution < 1.29 is 17.9 Å². The Kier molecular flexibility index (Phi) is 4.58. The second-order valence-corrected chi connectivity index (χ2v) is 8.27. The predicted molar refractivity (Wildman–Crippen MR) is 111 cm³/mol. The van der Waals surface area contributed by atoms with Crippen LogP contribution >= 0.6 is 11.6 Å². The van der Waals surface area contributed by atoms with Crippen molar-refractivity contribution in [3.63, 3.8) is 0 Å². The van der Waals surface area contributed by atoms with Gasteiger partial charge in [-0.2, -0.15) is 18.2 Å². The third kappa shape index (κ3) is 3.59. The molecule has 0 radical (unpaired) electrons. The van der Waals surface area contributed by atoms with Crippen LogP contribution in [0.2, 0.25) is 5.02 Å². The van der Waals surface area contributed by atoms with E-state index in [4.69, 9.17) is 16.3 Å². The number of nitrogens with zero attached hydrogens (tertiary/aromatic N) is 4. The molecule has 0 spiro atoms. The van der Waals surface area contributed by atoms with Gasteiger partial charge in [-0.25, -0.2) is 9.97 Å². The summed E-state index contributed by atoms with van der Waals surface area (Å²) in [5.74, 6) is 1.10. The lowest BCUT2D eigenvalue weighted by Gasteiger charge is -2.14. The topological polar surface area (TPSA) is 52.3 Å². The maximum atomic E-state index is 13.8. The number of alkyl halides is 3. The van der Waals surface area contributed by atoms with E-state index in [-0.39, 0.29) is 16.4 Å². The molecule has 1 aliphatic carbocycles. The summed E-state index contributed by atoms with van der Waals surface area (Å²) in [5.41, 5.74) is 1.86. The van der Waals surface area contributed by atoms with Gasteiger partial charge >= 0.3 is 6.18 Å². The van der Waals surface area contributed by atoms with Crippen molar-refractivity contribution in [2.75, 3.05) is 6.61 Å². The molecule has 0 bridgehead atoms. The Morgan fingerprint density at radius 2 is 1.81 bits per heavy atom. The van der Waals surface area contributed by atoms with E-state index in [9.17, 15) is 13.2 Å². The van der Waals surface area contributed by atoms with E-state index in [0.29, 0.717) is 46.5 Å².